The molecule has 0 saturated heterocycles. The Morgan fingerprint density at radius 1 is 0.714 bits per heavy atom. The summed E-state index contributed by atoms with van der Waals surface area (Å²) in [5.74, 6) is -0.0604. The molecule has 4 aromatic rings. The summed E-state index contributed by atoms with van der Waals surface area (Å²) in [5, 5.41) is 2.60. The summed E-state index contributed by atoms with van der Waals surface area (Å²) >= 11 is 0. The maximum atomic E-state index is 14.0. The van der Waals surface area contributed by atoms with Gasteiger partial charge in [0.15, 0.2) is 5.78 Å². The largest absolute Gasteiger partial charge is 0.298 e. The molecule has 0 aliphatic heterocycles. The van der Waals surface area contributed by atoms with E-state index in [1.807, 2.05) is 18.2 Å². The number of carbonyl (C=O) groups is 1. The highest BCUT2D eigenvalue weighted by Gasteiger charge is 2.42. The fourth-order valence-electron chi connectivity index (χ4n) is 5.36. The Labute approximate surface area is 164 Å². The topological polar surface area (TPSA) is 17.1 Å². The minimum absolute atomic E-state index is 0.164. The number of carbonyl (C=O) groups excluding carboxylic acids is 1. The number of Topliss-reactive ketones (excluding diaryl/α,β-unsaturated/α-hetero) is 1. The molecule has 2 aliphatic rings. The van der Waals surface area contributed by atoms with Gasteiger partial charge in [-0.2, -0.15) is 0 Å². The van der Waals surface area contributed by atoms with Crippen LogP contribution in [0.25, 0.3) is 10.8 Å². The maximum Gasteiger partial charge on any atom is 0.156 e. The van der Waals surface area contributed by atoms with Gasteiger partial charge in [0.1, 0.15) is 0 Å². The van der Waals surface area contributed by atoms with E-state index >= 15 is 0 Å². The predicted octanol–water partition coefficient (Wildman–Crippen LogP) is 5.90. The summed E-state index contributed by atoms with van der Waals surface area (Å²) in [6, 6.07) is 27.6. The molecule has 4 aromatic carbocycles. The van der Waals surface area contributed by atoms with Crippen LogP contribution in [0.15, 0.2) is 78.9 Å². The zero-order chi connectivity index (χ0) is 18.8. The van der Waals surface area contributed by atoms with E-state index in [9.17, 15) is 4.79 Å². The van der Waals surface area contributed by atoms with Crippen molar-refractivity contribution in [2.45, 2.75) is 25.2 Å². The molecular weight excluding hydrogens is 340 g/mol. The molecule has 2 unspecified atom stereocenters. The third-order valence-corrected chi connectivity index (χ3v) is 6.61. The summed E-state index contributed by atoms with van der Waals surface area (Å²) in [6.45, 7) is 2.17. The second-order valence-electron chi connectivity index (χ2n) is 8.09. The lowest BCUT2D eigenvalue weighted by Crippen LogP contribution is -2.31. The number of hydrogen-bond donors (Lipinski definition) is 0. The summed E-state index contributed by atoms with van der Waals surface area (Å²) in [5.41, 5.74) is 8.59. The van der Waals surface area contributed by atoms with E-state index in [1.54, 1.807) is 0 Å². The van der Waals surface area contributed by atoms with E-state index in [0.29, 0.717) is 5.78 Å². The first kappa shape index (κ1) is 15.8. The van der Waals surface area contributed by atoms with Crippen LogP contribution in [0, 0.1) is 6.92 Å². The second kappa shape index (κ2) is 5.65. The number of aryl methyl sites for hydroxylation is 1. The summed E-state index contributed by atoms with van der Waals surface area (Å²) in [4.78, 5) is 14.0. The first-order valence-electron chi connectivity index (χ1n) is 9.95. The van der Waals surface area contributed by atoms with Crippen molar-refractivity contribution < 1.29 is 4.79 Å². The fraction of sp³-hybridized carbons (Fsp3) is 0.148. The normalized spacial score (nSPS) is 19.5. The quantitative estimate of drug-likeness (QED) is 0.413. The lowest BCUT2D eigenvalue weighted by atomic mass is 9.65. The van der Waals surface area contributed by atoms with Crippen LogP contribution in [0.4, 0.5) is 0 Å². The molecule has 134 valence electrons. The second-order valence-corrected chi connectivity index (χ2v) is 8.09. The number of hydrogen-bond acceptors (Lipinski definition) is 1. The molecule has 28 heavy (non-hydrogen) atoms. The highest BCUT2D eigenvalue weighted by molar-refractivity contribution is 6.09. The van der Waals surface area contributed by atoms with Gasteiger partial charge < -0.3 is 0 Å². The maximum absolute atomic E-state index is 14.0. The van der Waals surface area contributed by atoms with Crippen LogP contribution in [-0.2, 0) is 11.2 Å². The van der Waals surface area contributed by atoms with Crippen LogP contribution in [0.3, 0.4) is 0 Å². The average Bonchev–Trinajstić information content (AvgIpc) is 2.74. The van der Waals surface area contributed by atoms with Crippen molar-refractivity contribution in [3.63, 3.8) is 0 Å². The third kappa shape index (κ3) is 1.99. The van der Waals surface area contributed by atoms with Gasteiger partial charge in [0, 0.05) is 0 Å². The highest BCUT2D eigenvalue weighted by Crippen LogP contribution is 2.50. The Bertz CT molecular complexity index is 1270. The monoisotopic (exact) mass is 360 g/mol. The smallest absolute Gasteiger partial charge is 0.156 e. The summed E-state index contributed by atoms with van der Waals surface area (Å²) in [6.07, 6.45) is 0.911. The minimum Gasteiger partial charge on any atom is -0.298 e. The van der Waals surface area contributed by atoms with Crippen molar-refractivity contribution in [1.29, 1.82) is 0 Å². The van der Waals surface area contributed by atoms with Crippen molar-refractivity contribution >= 4 is 16.6 Å². The van der Waals surface area contributed by atoms with E-state index in [4.69, 9.17) is 0 Å². The van der Waals surface area contributed by atoms with Crippen LogP contribution < -0.4 is 0 Å². The molecule has 6 rings (SSSR count). The van der Waals surface area contributed by atoms with Crippen molar-refractivity contribution in [3.8, 4) is 0 Å². The molecule has 0 spiro atoms. The molecule has 2 aliphatic carbocycles. The van der Waals surface area contributed by atoms with Crippen LogP contribution in [-0.4, -0.2) is 5.78 Å². The van der Waals surface area contributed by atoms with E-state index in [2.05, 4.69) is 67.6 Å². The Morgan fingerprint density at radius 3 is 2.36 bits per heavy atom. The SMILES string of the molecule is Cc1ccc2c3c4c(ccc13)Cc1ccccc1C4C(=O)C2c1ccccc1. The molecule has 0 N–H and O–H groups in total. The molecule has 0 heterocycles. The van der Waals surface area contributed by atoms with Crippen LogP contribution >= 0.6 is 0 Å². The molecule has 0 aromatic heterocycles. The van der Waals surface area contributed by atoms with Crippen molar-refractivity contribution in [1.82, 2.24) is 0 Å². The van der Waals surface area contributed by atoms with Crippen LogP contribution in [0.5, 0.6) is 0 Å². The number of fused-ring (bicyclic) bond motifs is 2. The number of benzene rings is 4. The standard InChI is InChI=1S/C27H20O/c1-16-11-13-22-23(17-7-3-2-4-8-17)27(28)26-21-10-6-5-9-18(21)15-19-12-14-20(16)25(22)24(19)26/h2-14,23,26H,15H2,1H3. The molecule has 0 amide bonds. The molecule has 0 saturated carbocycles. The van der Waals surface area contributed by atoms with Gasteiger partial charge in [0.2, 0.25) is 0 Å². The van der Waals surface area contributed by atoms with Gasteiger partial charge in [-0.25, -0.2) is 0 Å². The zero-order valence-corrected chi connectivity index (χ0v) is 15.8. The van der Waals surface area contributed by atoms with Gasteiger partial charge in [-0.1, -0.05) is 78.9 Å². The lowest BCUT2D eigenvalue weighted by molar-refractivity contribution is -0.120. The molecule has 2 atom stereocenters. The van der Waals surface area contributed by atoms with Gasteiger partial charge in [0.25, 0.3) is 0 Å². The molecule has 1 nitrogen and oxygen atoms in total. The number of ketones is 1. The number of rotatable bonds is 1. The average molecular weight is 360 g/mol. The fourth-order valence-corrected chi connectivity index (χ4v) is 5.36. The molecule has 1 heteroatoms. The summed E-state index contributed by atoms with van der Waals surface area (Å²) in [7, 11) is 0. The van der Waals surface area contributed by atoms with Gasteiger partial charge in [-0.05, 0) is 63.1 Å². The Balaban J connectivity index is 1.76. The Hall–Kier alpha value is -3.19. The van der Waals surface area contributed by atoms with Crippen molar-refractivity contribution in [3.05, 3.63) is 118 Å². The Kier molecular flexibility index (Phi) is 3.20. The van der Waals surface area contributed by atoms with E-state index in [0.717, 1.165) is 12.0 Å². The van der Waals surface area contributed by atoms with Gasteiger partial charge in [-0.3, -0.25) is 4.79 Å². The van der Waals surface area contributed by atoms with Crippen molar-refractivity contribution in [2.24, 2.45) is 0 Å². The highest BCUT2D eigenvalue weighted by atomic mass is 16.1. The van der Waals surface area contributed by atoms with E-state index < -0.39 is 0 Å². The molecular formula is C27H20O. The van der Waals surface area contributed by atoms with Crippen LogP contribution in [0.1, 0.15) is 50.8 Å². The van der Waals surface area contributed by atoms with E-state index in [1.165, 1.54) is 44.2 Å². The van der Waals surface area contributed by atoms with Gasteiger partial charge in [0.05, 0.1) is 11.8 Å². The molecule has 0 fully saturated rings. The van der Waals surface area contributed by atoms with Gasteiger partial charge in [-0.15, -0.1) is 0 Å². The zero-order valence-electron chi connectivity index (χ0n) is 15.8. The first-order valence-corrected chi connectivity index (χ1v) is 9.95. The third-order valence-electron chi connectivity index (χ3n) is 6.61. The predicted molar refractivity (Wildman–Crippen MR) is 113 cm³/mol. The summed E-state index contributed by atoms with van der Waals surface area (Å²) < 4.78 is 0. The van der Waals surface area contributed by atoms with Crippen LogP contribution in [0.2, 0.25) is 0 Å². The lowest BCUT2D eigenvalue weighted by Gasteiger charge is -2.37. The molecule has 0 bridgehead atoms. The van der Waals surface area contributed by atoms with Gasteiger partial charge >= 0.3 is 0 Å². The Morgan fingerprint density at radius 2 is 1.50 bits per heavy atom. The molecule has 0 radical (unpaired) electrons. The minimum atomic E-state index is -0.205. The first-order chi connectivity index (χ1) is 13.7. The van der Waals surface area contributed by atoms with E-state index in [-0.39, 0.29) is 11.8 Å². The van der Waals surface area contributed by atoms with Crippen molar-refractivity contribution in [2.75, 3.05) is 0 Å².